The molecule has 3 N–H and O–H groups in total. The highest BCUT2D eigenvalue weighted by atomic mass is 79.9. The lowest BCUT2D eigenvalue weighted by Crippen LogP contribution is -2.41. The molecule has 0 aliphatic heterocycles. The zero-order valence-electron chi connectivity index (χ0n) is 14.5. The molecular weight excluding hydrogens is 402 g/mol. The average Bonchev–Trinajstić information content (AvgIpc) is 2.91. The first-order valence-corrected chi connectivity index (χ1v) is 9.51. The lowest BCUT2D eigenvalue weighted by atomic mass is 10.2. The second-order valence-corrected chi connectivity index (χ2v) is 7.56. The topological polar surface area (TPSA) is 78.4 Å². The Labute approximate surface area is 160 Å². The van der Waals surface area contributed by atoms with E-state index in [1.807, 2.05) is 26.0 Å². The molecule has 0 spiro atoms. The van der Waals surface area contributed by atoms with Crippen LogP contribution in [0.3, 0.4) is 0 Å². The highest BCUT2D eigenvalue weighted by Crippen LogP contribution is 2.16. The van der Waals surface area contributed by atoms with Crippen LogP contribution in [0.4, 0.5) is 0 Å². The molecule has 0 saturated heterocycles. The number of carbonyl (C=O) groups excluding carboxylic acids is 1. The van der Waals surface area contributed by atoms with Gasteiger partial charge in [0.1, 0.15) is 0 Å². The molecule has 134 valence electrons. The number of hydrogen-bond acceptors (Lipinski definition) is 4. The highest BCUT2D eigenvalue weighted by Gasteiger charge is 2.07. The highest BCUT2D eigenvalue weighted by molar-refractivity contribution is 9.10. The van der Waals surface area contributed by atoms with Gasteiger partial charge in [-0.25, -0.2) is 4.98 Å². The van der Waals surface area contributed by atoms with Crippen molar-refractivity contribution >= 4 is 39.1 Å². The summed E-state index contributed by atoms with van der Waals surface area (Å²) in [7, 11) is 1.72. The Hall–Kier alpha value is -1.93. The monoisotopic (exact) mass is 423 g/mol. The Bertz CT molecular complexity index is 759. The Morgan fingerprint density at radius 2 is 2.00 bits per heavy atom. The summed E-state index contributed by atoms with van der Waals surface area (Å²) in [5.74, 6) is 0.601. The van der Waals surface area contributed by atoms with Gasteiger partial charge in [0.25, 0.3) is 5.91 Å². The minimum Gasteiger partial charge on any atom is -0.355 e. The molecule has 25 heavy (non-hydrogen) atoms. The number of hydrogen-bond donors (Lipinski definition) is 3. The van der Waals surface area contributed by atoms with Gasteiger partial charge in [0, 0.05) is 35.1 Å². The van der Waals surface area contributed by atoms with E-state index in [1.54, 1.807) is 30.5 Å². The Morgan fingerprint density at radius 3 is 2.64 bits per heavy atom. The van der Waals surface area contributed by atoms with E-state index < -0.39 is 0 Å². The van der Waals surface area contributed by atoms with E-state index in [2.05, 4.69) is 41.9 Å². The van der Waals surface area contributed by atoms with Crippen molar-refractivity contribution in [3.05, 3.63) is 49.9 Å². The third-order valence-electron chi connectivity index (χ3n) is 3.43. The SMILES string of the molecule is CN=C(NCCNC(=O)c1cccc(Br)c1)NCc1sc(C)nc1C. The van der Waals surface area contributed by atoms with E-state index in [4.69, 9.17) is 0 Å². The fourth-order valence-electron chi connectivity index (χ4n) is 2.21. The fourth-order valence-corrected chi connectivity index (χ4v) is 3.49. The van der Waals surface area contributed by atoms with E-state index in [9.17, 15) is 4.79 Å². The quantitative estimate of drug-likeness (QED) is 0.379. The van der Waals surface area contributed by atoms with E-state index in [0.29, 0.717) is 31.2 Å². The van der Waals surface area contributed by atoms with Crippen LogP contribution >= 0.6 is 27.3 Å². The molecule has 0 aliphatic rings. The van der Waals surface area contributed by atoms with Crippen molar-refractivity contribution in [3.8, 4) is 0 Å². The average molecular weight is 424 g/mol. The minimum atomic E-state index is -0.0955. The largest absolute Gasteiger partial charge is 0.355 e. The predicted octanol–water partition coefficient (Wildman–Crippen LogP) is 2.62. The smallest absolute Gasteiger partial charge is 0.251 e. The number of rotatable bonds is 6. The van der Waals surface area contributed by atoms with Crippen LogP contribution < -0.4 is 16.0 Å². The predicted molar refractivity (Wildman–Crippen MR) is 106 cm³/mol. The summed E-state index contributed by atoms with van der Waals surface area (Å²) in [6.45, 7) is 5.78. The number of carbonyl (C=O) groups is 1. The molecule has 0 unspecified atom stereocenters. The van der Waals surface area contributed by atoms with E-state index in [0.717, 1.165) is 15.2 Å². The summed E-state index contributed by atoms with van der Waals surface area (Å²) in [6.07, 6.45) is 0. The van der Waals surface area contributed by atoms with Crippen molar-refractivity contribution in [2.45, 2.75) is 20.4 Å². The van der Waals surface area contributed by atoms with Crippen LogP contribution in [0, 0.1) is 13.8 Å². The maximum absolute atomic E-state index is 12.1. The van der Waals surface area contributed by atoms with E-state index in [1.165, 1.54) is 4.88 Å². The van der Waals surface area contributed by atoms with Gasteiger partial charge in [-0.05, 0) is 32.0 Å². The van der Waals surface area contributed by atoms with Crippen molar-refractivity contribution in [3.63, 3.8) is 0 Å². The number of benzene rings is 1. The van der Waals surface area contributed by atoms with Crippen molar-refractivity contribution in [2.24, 2.45) is 4.99 Å². The summed E-state index contributed by atoms with van der Waals surface area (Å²) >= 11 is 5.04. The van der Waals surface area contributed by atoms with Crippen LogP contribution in [-0.2, 0) is 6.54 Å². The third kappa shape index (κ3) is 6.13. The van der Waals surface area contributed by atoms with Crippen LogP contribution in [0.2, 0.25) is 0 Å². The Morgan fingerprint density at radius 1 is 1.24 bits per heavy atom. The molecule has 1 amide bonds. The molecule has 1 aromatic heterocycles. The maximum atomic E-state index is 12.1. The molecule has 0 radical (unpaired) electrons. The van der Waals surface area contributed by atoms with Gasteiger partial charge in [-0.1, -0.05) is 22.0 Å². The second kappa shape index (κ2) is 9.53. The van der Waals surface area contributed by atoms with Gasteiger partial charge < -0.3 is 16.0 Å². The second-order valence-electron chi connectivity index (χ2n) is 5.36. The molecule has 0 bridgehead atoms. The summed E-state index contributed by atoms with van der Waals surface area (Å²) in [6, 6.07) is 7.31. The van der Waals surface area contributed by atoms with Crippen LogP contribution in [0.15, 0.2) is 33.7 Å². The number of aryl methyl sites for hydroxylation is 2. The van der Waals surface area contributed by atoms with E-state index in [-0.39, 0.29) is 5.91 Å². The van der Waals surface area contributed by atoms with E-state index >= 15 is 0 Å². The van der Waals surface area contributed by atoms with Crippen molar-refractivity contribution in [1.29, 1.82) is 0 Å². The number of halogens is 1. The summed E-state index contributed by atoms with van der Waals surface area (Å²) in [5, 5.41) is 10.4. The molecule has 0 atom stereocenters. The van der Waals surface area contributed by atoms with Crippen LogP contribution in [-0.4, -0.2) is 37.0 Å². The van der Waals surface area contributed by atoms with Crippen LogP contribution in [0.5, 0.6) is 0 Å². The van der Waals surface area contributed by atoms with Crippen LogP contribution in [0.25, 0.3) is 0 Å². The van der Waals surface area contributed by atoms with Gasteiger partial charge >= 0.3 is 0 Å². The molecule has 2 aromatic rings. The minimum absolute atomic E-state index is 0.0955. The first kappa shape index (κ1) is 19.4. The van der Waals surface area contributed by atoms with Gasteiger partial charge in [-0.2, -0.15) is 0 Å². The molecule has 0 saturated carbocycles. The number of amides is 1. The molecular formula is C17H22BrN5OS. The lowest BCUT2D eigenvalue weighted by molar-refractivity contribution is 0.0954. The molecule has 2 rings (SSSR count). The summed E-state index contributed by atoms with van der Waals surface area (Å²) < 4.78 is 0.886. The molecule has 6 nitrogen and oxygen atoms in total. The van der Waals surface area contributed by atoms with Gasteiger partial charge in [0.15, 0.2) is 5.96 Å². The number of nitrogens with one attached hydrogen (secondary N) is 3. The Kier molecular flexibility index (Phi) is 7.39. The standard InChI is InChI=1S/C17H22BrN5OS/c1-11-15(25-12(2)23-11)10-22-17(19-3)21-8-7-20-16(24)13-5-4-6-14(18)9-13/h4-6,9H,7-8,10H2,1-3H3,(H,20,24)(H2,19,21,22). The third-order valence-corrected chi connectivity index (χ3v) is 5.00. The van der Waals surface area contributed by atoms with Crippen LogP contribution in [0.1, 0.15) is 25.9 Å². The van der Waals surface area contributed by atoms with Gasteiger partial charge in [-0.3, -0.25) is 9.79 Å². The zero-order chi connectivity index (χ0) is 18.2. The molecule has 1 heterocycles. The maximum Gasteiger partial charge on any atom is 0.251 e. The number of aliphatic imine (C=N–C) groups is 1. The number of nitrogens with zero attached hydrogens (tertiary/aromatic N) is 2. The number of guanidine groups is 1. The first-order valence-electron chi connectivity index (χ1n) is 7.90. The normalized spacial score (nSPS) is 11.3. The molecule has 1 aromatic carbocycles. The van der Waals surface area contributed by atoms with Crippen molar-refractivity contribution in [1.82, 2.24) is 20.9 Å². The van der Waals surface area contributed by atoms with Gasteiger partial charge in [-0.15, -0.1) is 11.3 Å². The Balaban J connectivity index is 1.72. The van der Waals surface area contributed by atoms with Crippen molar-refractivity contribution < 1.29 is 4.79 Å². The summed E-state index contributed by atoms with van der Waals surface area (Å²) in [5.41, 5.74) is 1.68. The molecule has 8 heteroatoms. The fraction of sp³-hybridized carbons (Fsp3) is 0.353. The van der Waals surface area contributed by atoms with Crippen molar-refractivity contribution in [2.75, 3.05) is 20.1 Å². The molecule has 0 aliphatic carbocycles. The zero-order valence-corrected chi connectivity index (χ0v) is 16.9. The van der Waals surface area contributed by atoms with Gasteiger partial charge in [0.05, 0.1) is 17.2 Å². The first-order chi connectivity index (χ1) is 12.0. The number of thiazole rings is 1. The summed E-state index contributed by atoms with van der Waals surface area (Å²) in [4.78, 5) is 21.8. The van der Waals surface area contributed by atoms with Gasteiger partial charge in [0.2, 0.25) is 0 Å². The molecule has 0 fully saturated rings. The number of aromatic nitrogens is 1. The lowest BCUT2D eigenvalue weighted by Gasteiger charge is -2.12.